The summed E-state index contributed by atoms with van der Waals surface area (Å²) in [4.78, 5) is 12.5. The van der Waals surface area contributed by atoms with Gasteiger partial charge in [0.1, 0.15) is 5.52 Å². The van der Waals surface area contributed by atoms with Crippen LogP contribution in [0.3, 0.4) is 0 Å². The number of aromatic nitrogens is 3. The van der Waals surface area contributed by atoms with Crippen LogP contribution in [0, 0.1) is 13.8 Å². The molecule has 0 saturated carbocycles. The lowest BCUT2D eigenvalue weighted by Gasteiger charge is -2.22. The number of benzene rings is 2. The molecule has 158 valence electrons. The average molecular weight is 408 g/mol. The number of hydrogen-bond acceptors (Lipinski definition) is 5. The number of ether oxygens (including phenoxy) is 1. The lowest BCUT2D eigenvalue weighted by Crippen LogP contribution is -2.14. The van der Waals surface area contributed by atoms with Crippen molar-refractivity contribution in [3.8, 4) is 0 Å². The summed E-state index contributed by atoms with van der Waals surface area (Å²) >= 11 is 0. The minimum atomic E-state index is -0.218. The molecule has 0 saturated heterocycles. The van der Waals surface area contributed by atoms with Gasteiger partial charge in [0.05, 0.1) is 25.2 Å². The molecule has 3 aromatic rings. The van der Waals surface area contributed by atoms with Crippen molar-refractivity contribution < 1.29 is 14.6 Å². The van der Waals surface area contributed by atoms with E-state index in [1.807, 2.05) is 20.9 Å². The molecule has 0 radical (unpaired) electrons. The molecule has 0 bridgehead atoms. The highest BCUT2D eigenvalue weighted by Crippen LogP contribution is 2.38. The zero-order chi connectivity index (χ0) is 21.4. The van der Waals surface area contributed by atoms with Crippen LogP contribution in [0.4, 0.5) is 0 Å². The number of esters is 1. The maximum absolute atomic E-state index is 12.5. The standard InChI is InChI=1S/C24H29N3O3/c1-5-30-22(29)12-21(17-10-16-7-6-8-19(16)18(11-17)13-28)20-9-14(2)24-23(15(20)3)25-26-27(24)4/h9-11,21,28H,5-8,12-13H2,1-4H3. The third kappa shape index (κ3) is 3.49. The van der Waals surface area contributed by atoms with Gasteiger partial charge in [-0.05, 0) is 79.0 Å². The van der Waals surface area contributed by atoms with E-state index in [4.69, 9.17) is 4.74 Å². The van der Waals surface area contributed by atoms with Crippen LogP contribution in [0.15, 0.2) is 18.2 Å². The Kier molecular flexibility index (Phi) is 5.60. The fourth-order valence-corrected chi connectivity index (χ4v) is 4.92. The van der Waals surface area contributed by atoms with E-state index >= 15 is 0 Å². The first-order valence-corrected chi connectivity index (χ1v) is 10.6. The van der Waals surface area contributed by atoms with Gasteiger partial charge in [0.15, 0.2) is 0 Å². The normalized spacial score (nSPS) is 14.2. The third-order valence-corrected chi connectivity index (χ3v) is 6.31. The number of aryl methyl sites for hydroxylation is 4. The van der Waals surface area contributed by atoms with Gasteiger partial charge in [-0.3, -0.25) is 4.79 Å². The molecule has 0 spiro atoms. The van der Waals surface area contributed by atoms with E-state index in [1.54, 1.807) is 4.68 Å². The van der Waals surface area contributed by atoms with Gasteiger partial charge in [-0.1, -0.05) is 23.4 Å². The Bertz CT molecular complexity index is 1120. The van der Waals surface area contributed by atoms with E-state index in [9.17, 15) is 9.90 Å². The Hall–Kier alpha value is -2.73. The van der Waals surface area contributed by atoms with Crippen molar-refractivity contribution in [1.29, 1.82) is 0 Å². The van der Waals surface area contributed by atoms with Crippen LogP contribution < -0.4 is 0 Å². The van der Waals surface area contributed by atoms with Crippen LogP contribution in [-0.2, 0) is 36.0 Å². The Labute approximate surface area is 176 Å². The monoisotopic (exact) mass is 407 g/mol. The number of carbonyl (C=O) groups is 1. The van der Waals surface area contributed by atoms with Gasteiger partial charge >= 0.3 is 5.97 Å². The van der Waals surface area contributed by atoms with E-state index < -0.39 is 0 Å². The molecule has 1 aliphatic rings. The van der Waals surface area contributed by atoms with Gasteiger partial charge in [-0.2, -0.15) is 0 Å². The van der Waals surface area contributed by atoms with Crippen LogP contribution in [0.25, 0.3) is 11.0 Å². The van der Waals surface area contributed by atoms with Crippen molar-refractivity contribution in [2.45, 2.75) is 59.0 Å². The molecule has 1 aliphatic carbocycles. The summed E-state index contributed by atoms with van der Waals surface area (Å²) in [5, 5.41) is 18.6. The zero-order valence-corrected chi connectivity index (χ0v) is 18.2. The SMILES string of the molecule is CCOC(=O)CC(c1cc(CO)c2c(c1)CCC2)c1cc(C)c2c(nnn2C)c1C. The Morgan fingerprint density at radius 3 is 2.80 bits per heavy atom. The van der Waals surface area contributed by atoms with Crippen molar-refractivity contribution in [2.75, 3.05) is 6.61 Å². The molecular weight excluding hydrogens is 378 g/mol. The summed E-state index contributed by atoms with van der Waals surface area (Å²) in [5.41, 5.74) is 9.65. The number of rotatable bonds is 6. The minimum Gasteiger partial charge on any atom is -0.466 e. The van der Waals surface area contributed by atoms with E-state index in [1.165, 1.54) is 11.1 Å². The molecule has 30 heavy (non-hydrogen) atoms. The van der Waals surface area contributed by atoms with Crippen molar-refractivity contribution in [3.63, 3.8) is 0 Å². The lowest BCUT2D eigenvalue weighted by molar-refractivity contribution is -0.143. The molecule has 1 heterocycles. The summed E-state index contributed by atoms with van der Waals surface area (Å²) in [6.07, 6.45) is 3.39. The first kappa shape index (κ1) is 20.5. The molecule has 1 aromatic heterocycles. The summed E-state index contributed by atoms with van der Waals surface area (Å²) in [6.45, 7) is 6.30. The van der Waals surface area contributed by atoms with Crippen LogP contribution in [-0.4, -0.2) is 32.7 Å². The van der Waals surface area contributed by atoms with Crippen molar-refractivity contribution in [3.05, 3.63) is 57.1 Å². The number of aliphatic hydroxyl groups excluding tert-OH is 1. The Morgan fingerprint density at radius 2 is 2.07 bits per heavy atom. The van der Waals surface area contributed by atoms with Gasteiger partial charge in [-0.15, -0.1) is 5.10 Å². The van der Waals surface area contributed by atoms with E-state index in [0.717, 1.165) is 58.1 Å². The highest BCUT2D eigenvalue weighted by molar-refractivity contribution is 5.83. The molecular formula is C24H29N3O3. The topological polar surface area (TPSA) is 77.2 Å². The summed E-state index contributed by atoms with van der Waals surface area (Å²) in [5.74, 6) is -0.379. The van der Waals surface area contributed by atoms with Crippen LogP contribution in [0.2, 0.25) is 0 Å². The first-order valence-electron chi connectivity index (χ1n) is 10.6. The van der Waals surface area contributed by atoms with Crippen molar-refractivity contribution in [1.82, 2.24) is 15.0 Å². The number of carbonyl (C=O) groups excluding carboxylic acids is 1. The summed E-state index contributed by atoms with van der Waals surface area (Å²) < 4.78 is 7.10. The molecule has 6 nitrogen and oxygen atoms in total. The number of nitrogens with zero attached hydrogens (tertiary/aromatic N) is 3. The van der Waals surface area contributed by atoms with Crippen molar-refractivity contribution in [2.24, 2.45) is 7.05 Å². The average Bonchev–Trinajstić information content (AvgIpc) is 3.35. The minimum absolute atomic E-state index is 0.0174. The molecule has 2 aromatic carbocycles. The molecule has 4 rings (SSSR count). The second kappa shape index (κ2) is 8.19. The second-order valence-electron chi connectivity index (χ2n) is 8.21. The van der Waals surface area contributed by atoms with Gasteiger partial charge in [0.2, 0.25) is 0 Å². The molecule has 1 N–H and O–H groups in total. The summed E-state index contributed by atoms with van der Waals surface area (Å²) in [6, 6.07) is 6.45. The second-order valence-corrected chi connectivity index (χ2v) is 8.21. The number of hydrogen-bond donors (Lipinski definition) is 1. The number of fused-ring (bicyclic) bond motifs is 2. The quantitative estimate of drug-likeness (QED) is 0.631. The van der Waals surface area contributed by atoms with Crippen LogP contribution in [0.5, 0.6) is 0 Å². The Morgan fingerprint density at radius 1 is 1.27 bits per heavy atom. The van der Waals surface area contributed by atoms with Gasteiger partial charge in [0.25, 0.3) is 0 Å². The third-order valence-electron chi connectivity index (χ3n) is 6.31. The predicted molar refractivity (Wildman–Crippen MR) is 115 cm³/mol. The number of aliphatic hydroxyl groups is 1. The predicted octanol–water partition coefficient (Wildman–Crippen LogP) is 3.65. The fourth-order valence-electron chi connectivity index (χ4n) is 4.92. The van der Waals surface area contributed by atoms with E-state index in [2.05, 4.69) is 35.4 Å². The molecule has 0 aliphatic heterocycles. The maximum Gasteiger partial charge on any atom is 0.306 e. The van der Waals surface area contributed by atoms with Gasteiger partial charge < -0.3 is 9.84 Å². The zero-order valence-electron chi connectivity index (χ0n) is 18.2. The lowest BCUT2D eigenvalue weighted by atomic mass is 9.82. The van der Waals surface area contributed by atoms with Crippen molar-refractivity contribution >= 4 is 17.0 Å². The van der Waals surface area contributed by atoms with E-state index in [-0.39, 0.29) is 24.9 Å². The molecule has 0 fully saturated rings. The van der Waals surface area contributed by atoms with Gasteiger partial charge in [-0.25, -0.2) is 4.68 Å². The fraction of sp³-hybridized carbons (Fsp3) is 0.458. The van der Waals surface area contributed by atoms with Crippen LogP contribution >= 0.6 is 0 Å². The molecule has 0 amide bonds. The first-order chi connectivity index (χ1) is 14.4. The molecule has 6 heteroatoms. The van der Waals surface area contributed by atoms with Crippen LogP contribution in [0.1, 0.15) is 64.6 Å². The maximum atomic E-state index is 12.5. The highest BCUT2D eigenvalue weighted by atomic mass is 16.5. The van der Waals surface area contributed by atoms with E-state index in [0.29, 0.717) is 6.61 Å². The van der Waals surface area contributed by atoms with Gasteiger partial charge in [0, 0.05) is 13.0 Å². The Balaban J connectivity index is 1.89. The molecule has 1 unspecified atom stereocenters. The highest BCUT2D eigenvalue weighted by Gasteiger charge is 2.26. The largest absolute Gasteiger partial charge is 0.466 e. The smallest absolute Gasteiger partial charge is 0.306 e. The molecule has 1 atom stereocenters. The summed E-state index contributed by atoms with van der Waals surface area (Å²) in [7, 11) is 1.89.